The molecule has 2 aliphatic rings. The molecule has 0 saturated heterocycles. The van der Waals surface area contributed by atoms with Gasteiger partial charge < -0.3 is 4.42 Å². The highest BCUT2D eigenvalue weighted by molar-refractivity contribution is 6.09. The summed E-state index contributed by atoms with van der Waals surface area (Å²) in [5, 5.41) is 2.32. The van der Waals surface area contributed by atoms with Crippen molar-refractivity contribution in [3.05, 3.63) is 251 Å². The molecule has 1 heteroatoms. The molecule has 12 rings (SSSR count). The van der Waals surface area contributed by atoms with Crippen LogP contribution in [0.5, 0.6) is 0 Å². The van der Waals surface area contributed by atoms with E-state index in [0.717, 1.165) is 40.3 Å². The number of hydrogen-bond donors (Lipinski definition) is 0. The third-order valence-corrected chi connectivity index (χ3v) is 13.2. The van der Waals surface area contributed by atoms with Gasteiger partial charge in [0.15, 0.2) is 0 Å². The van der Waals surface area contributed by atoms with Gasteiger partial charge in [0.2, 0.25) is 0 Å². The van der Waals surface area contributed by atoms with E-state index in [2.05, 4.69) is 206 Å². The van der Waals surface area contributed by atoms with Crippen molar-refractivity contribution in [2.45, 2.75) is 24.2 Å². The van der Waals surface area contributed by atoms with Crippen molar-refractivity contribution in [3.8, 4) is 44.5 Å². The second kappa shape index (κ2) is 13.4. The summed E-state index contributed by atoms with van der Waals surface area (Å²) in [4.78, 5) is 0. The first-order chi connectivity index (χ1) is 29.3. The fourth-order valence-electron chi connectivity index (χ4n) is 10.5. The third kappa shape index (κ3) is 5.18. The quantitative estimate of drug-likeness (QED) is 0.158. The van der Waals surface area contributed by atoms with Crippen LogP contribution in [0, 0.1) is 0 Å². The van der Waals surface area contributed by atoms with Gasteiger partial charge in [0.25, 0.3) is 0 Å². The zero-order chi connectivity index (χ0) is 38.9. The number of rotatable bonds is 7. The van der Waals surface area contributed by atoms with Crippen molar-refractivity contribution in [1.29, 1.82) is 0 Å². The summed E-state index contributed by atoms with van der Waals surface area (Å²) < 4.78 is 6.39. The Morgan fingerprint density at radius 1 is 0.373 bits per heavy atom. The normalized spacial score (nSPS) is 13.6. The molecule has 0 amide bonds. The van der Waals surface area contributed by atoms with Crippen LogP contribution in [0.2, 0.25) is 0 Å². The van der Waals surface area contributed by atoms with Gasteiger partial charge in [-0.1, -0.05) is 200 Å². The van der Waals surface area contributed by atoms with E-state index >= 15 is 0 Å². The summed E-state index contributed by atoms with van der Waals surface area (Å²) in [5.41, 5.74) is 21.2. The summed E-state index contributed by atoms with van der Waals surface area (Å²) in [6, 6.07) is 78.5. The molecule has 0 bridgehead atoms. The lowest BCUT2D eigenvalue weighted by molar-refractivity contribution is 0.670. The Kier molecular flexibility index (Phi) is 7.71. The average molecular weight is 753 g/mol. The SMILES string of the molecule is c1ccc(C(CCc2ccc(-c3ccc4c(c3)C3(c5ccccc5-c5ccccc53)c3ccccc3-4)cc2)c2ccc(-c3cccc4c3oc3ccccc34)cc2)cc1. The summed E-state index contributed by atoms with van der Waals surface area (Å²) in [7, 11) is 0. The van der Waals surface area contributed by atoms with Crippen LogP contribution in [-0.2, 0) is 11.8 Å². The van der Waals surface area contributed by atoms with Gasteiger partial charge in [-0.2, -0.15) is 0 Å². The minimum absolute atomic E-state index is 0.276. The summed E-state index contributed by atoms with van der Waals surface area (Å²) in [6.07, 6.45) is 2.00. The molecule has 0 aliphatic heterocycles. The Morgan fingerprint density at radius 3 is 1.59 bits per heavy atom. The van der Waals surface area contributed by atoms with Crippen molar-refractivity contribution in [1.82, 2.24) is 0 Å². The van der Waals surface area contributed by atoms with Crippen LogP contribution in [-0.4, -0.2) is 0 Å². The number of furan rings is 1. The molecule has 2 aliphatic carbocycles. The molecule has 59 heavy (non-hydrogen) atoms. The molecule has 1 nitrogen and oxygen atoms in total. The Bertz CT molecular complexity index is 3140. The van der Waals surface area contributed by atoms with Crippen LogP contribution in [0.25, 0.3) is 66.4 Å². The van der Waals surface area contributed by atoms with Crippen molar-refractivity contribution < 1.29 is 4.42 Å². The highest BCUT2D eigenvalue weighted by Gasteiger charge is 2.51. The lowest BCUT2D eigenvalue weighted by atomic mass is 9.70. The molecule has 0 fully saturated rings. The summed E-state index contributed by atoms with van der Waals surface area (Å²) in [6.45, 7) is 0. The predicted molar refractivity (Wildman–Crippen MR) is 244 cm³/mol. The van der Waals surface area contributed by atoms with E-state index in [1.807, 2.05) is 6.07 Å². The lowest BCUT2D eigenvalue weighted by Gasteiger charge is -2.30. The van der Waals surface area contributed by atoms with Gasteiger partial charge >= 0.3 is 0 Å². The van der Waals surface area contributed by atoms with Crippen LogP contribution >= 0.6 is 0 Å². The molecule has 1 unspecified atom stereocenters. The Hall–Kier alpha value is -7.22. The van der Waals surface area contributed by atoms with E-state index in [0.29, 0.717) is 0 Å². The van der Waals surface area contributed by atoms with Gasteiger partial charge in [-0.25, -0.2) is 0 Å². The van der Waals surface area contributed by atoms with Crippen LogP contribution < -0.4 is 0 Å². The van der Waals surface area contributed by atoms with E-state index in [1.54, 1.807) is 0 Å². The van der Waals surface area contributed by atoms with Gasteiger partial charge in [0, 0.05) is 22.3 Å². The second-order valence-electron chi connectivity index (χ2n) is 16.2. The molecular formula is C58H40O. The van der Waals surface area contributed by atoms with Gasteiger partial charge in [-0.3, -0.25) is 0 Å². The maximum Gasteiger partial charge on any atom is 0.143 e. The molecule has 0 radical (unpaired) electrons. The molecule has 1 heterocycles. The number of hydrogen-bond acceptors (Lipinski definition) is 1. The van der Waals surface area contributed by atoms with Crippen LogP contribution in [0.4, 0.5) is 0 Å². The number of para-hydroxylation sites is 2. The van der Waals surface area contributed by atoms with Crippen LogP contribution in [0.15, 0.2) is 217 Å². The first-order valence-electron chi connectivity index (χ1n) is 20.8. The van der Waals surface area contributed by atoms with Gasteiger partial charge in [-0.15, -0.1) is 0 Å². The van der Waals surface area contributed by atoms with Gasteiger partial charge in [0.05, 0.1) is 5.41 Å². The minimum Gasteiger partial charge on any atom is -0.455 e. The first-order valence-corrected chi connectivity index (χ1v) is 20.8. The van der Waals surface area contributed by atoms with Gasteiger partial charge in [0.1, 0.15) is 11.2 Å². The van der Waals surface area contributed by atoms with E-state index in [1.165, 1.54) is 77.9 Å². The van der Waals surface area contributed by atoms with Crippen LogP contribution in [0.3, 0.4) is 0 Å². The smallest absolute Gasteiger partial charge is 0.143 e. The fraction of sp³-hybridized carbons (Fsp3) is 0.0690. The van der Waals surface area contributed by atoms with Crippen molar-refractivity contribution >= 4 is 21.9 Å². The Balaban J connectivity index is 0.851. The average Bonchev–Trinajstić information content (AvgIpc) is 3.94. The molecule has 9 aromatic carbocycles. The molecular weight excluding hydrogens is 713 g/mol. The maximum absolute atomic E-state index is 6.39. The van der Waals surface area contributed by atoms with E-state index in [-0.39, 0.29) is 11.3 Å². The number of aryl methyl sites for hydroxylation is 1. The first kappa shape index (κ1) is 33.9. The van der Waals surface area contributed by atoms with Crippen molar-refractivity contribution in [2.24, 2.45) is 0 Å². The van der Waals surface area contributed by atoms with Crippen LogP contribution in [0.1, 0.15) is 51.3 Å². The summed E-state index contributed by atoms with van der Waals surface area (Å²) >= 11 is 0. The van der Waals surface area contributed by atoms with E-state index in [4.69, 9.17) is 4.42 Å². The minimum atomic E-state index is -0.333. The fourth-order valence-corrected chi connectivity index (χ4v) is 10.5. The lowest BCUT2D eigenvalue weighted by Crippen LogP contribution is -2.25. The molecule has 0 N–H and O–H groups in total. The molecule has 1 atom stereocenters. The topological polar surface area (TPSA) is 13.1 Å². The van der Waals surface area contributed by atoms with E-state index in [9.17, 15) is 0 Å². The van der Waals surface area contributed by atoms with Gasteiger partial charge in [-0.05, 0) is 103 Å². The van der Waals surface area contributed by atoms with Crippen molar-refractivity contribution in [2.75, 3.05) is 0 Å². The maximum atomic E-state index is 6.39. The van der Waals surface area contributed by atoms with Crippen molar-refractivity contribution in [3.63, 3.8) is 0 Å². The number of fused-ring (bicyclic) bond motifs is 13. The summed E-state index contributed by atoms with van der Waals surface area (Å²) in [5.74, 6) is 0.276. The molecule has 1 aromatic heterocycles. The molecule has 0 saturated carbocycles. The Morgan fingerprint density at radius 2 is 0.898 bits per heavy atom. The highest BCUT2D eigenvalue weighted by Crippen LogP contribution is 2.63. The Labute approximate surface area is 344 Å². The zero-order valence-corrected chi connectivity index (χ0v) is 32.6. The third-order valence-electron chi connectivity index (χ3n) is 13.2. The molecule has 1 spiro atoms. The second-order valence-corrected chi connectivity index (χ2v) is 16.2. The zero-order valence-electron chi connectivity index (χ0n) is 32.6. The highest BCUT2D eigenvalue weighted by atomic mass is 16.3. The largest absolute Gasteiger partial charge is 0.455 e. The van der Waals surface area contributed by atoms with E-state index < -0.39 is 0 Å². The molecule has 278 valence electrons. The number of benzene rings is 9. The molecule has 10 aromatic rings. The monoisotopic (exact) mass is 752 g/mol. The predicted octanol–water partition coefficient (Wildman–Crippen LogP) is 15.0. The standard InChI is InChI=1S/C58H40O/c1-2-13-40(14-3-1)44(41-30-32-42(33-31-41)45-19-12-20-51-50-18-7-11-24-56(50)59-57(45)51)35-27-38-25-28-39(29-26-38)43-34-36-49-48-17-6-10-23-54(48)58(55(49)37-43)52-21-8-4-15-46(52)47-16-5-9-22-53(47)58/h1-26,28-34,36-37,44H,27,35H2.